The second-order valence-electron chi connectivity index (χ2n) is 3.01. The Bertz CT molecular complexity index is 243. The normalized spacial score (nSPS) is 10.2. The summed E-state index contributed by atoms with van der Waals surface area (Å²) in [6.07, 6.45) is 3.02. The lowest BCUT2D eigenvalue weighted by atomic mass is 10.1. The number of aryl methyl sites for hydroxylation is 1. The number of carbonyl (C=O) groups excluding carboxylic acids is 1. The van der Waals surface area contributed by atoms with E-state index < -0.39 is 0 Å². The van der Waals surface area contributed by atoms with Gasteiger partial charge in [-0.05, 0) is 30.8 Å². The predicted octanol–water partition coefficient (Wildman–Crippen LogP) is 1.99. The first-order chi connectivity index (χ1) is 6.33. The minimum Gasteiger partial charge on any atom is -0.330 e. The fraction of sp³-hybridized carbons (Fsp3) is 0.500. The van der Waals surface area contributed by atoms with Crippen molar-refractivity contribution in [3.8, 4) is 0 Å². The molecule has 0 fully saturated rings. The fourth-order valence-electron chi connectivity index (χ4n) is 1.14. The van der Waals surface area contributed by atoms with Gasteiger partial charge in [0.2, 0.25) is 0 Å². The molecule has 0 atom stereocenters. The molecule has 1 rings (SSSR count). The van der Waals surface area contributed by atoms with E-state index in [1.165, 1.54) is 4.88 Å². The molecule has 1 heterocycles. The molecule has 0 aromatic carbocycles. The summed E-state index contributed by atoms with van der Waals surface area (Å²) >= 11 is 1.71. The topological polar surface area (TPSA) is 43.1 Å². The molecule has 1 aromatic heterocycles. The summed E-state index contributed by atoms with van der Waals surface area (Å²) < 4.78 is 0. The van der Waals surface area contributed by atoms with E-state index in [-0.39, 0.29) is 0 Å². The molecule has 0 saturated heterocycles. The van der Waals surface area contributed by atoms with Gasteiger partial charge < -0.3 is 5.73 Å². The molecular formula is C10H15NOS. The van der Waals surface area contributed by atoms with E-state index >= 15 is 0 Å². The Kier molecular flexibility index (Phi) is 4.72. The highest BCUT2D eigenvalue weighted by molar-refractivity contribution is 7.09. The lowest BCUT2D eigenvalue weighted by molar-refractivity contribution is -0.119. The van der Waals surface area contributed by atoms with Crippen LogP contribution in [0.15, 0.2) is 17.5 Å². The average Bonchev–Trinajstić information content (AvgIpc) is 2.64. The van der Waals surface area contributed by atoms with Crippen molar-refractivity contribution < 1.29 is 4.79 Å². The van der Waals surface area contributed by atoms with Crippen molar-refractivity contribution in [1.82, 2.24) is 0 Å². The second-order valence-corrected chi connectivity index (χ2v) is 4.04. The first-order valence-corrected chi connectivity index (χ1v) is 5.45. The number of rotatable bonds is 6. The third kappa shape index (κ3) is 4.20. The smallest absolute Gasteiger partial charge is 0.133 e. The maximum Gasteiger partial charge on any atom is 0.133 e. The SMILES string of the molecule is NCCCC(=O)CCc1cccs1. The molecule has 0 bridgehead atoms. The van der Waals surface area contributed by atoms with Crippen LogP contribution in [0.4, 0.5) is 0 Å². The first-order valence-electron chi connectivity index (χ1n) is 4.57. The van der Waals surface area contributed by atoms with Gasteiger partial charge >= 0.3 is 0 Å². The zero-order chi connectivity index (χ0) is 9.52. The minimum atomic E-state index is 0.332. The van der Waals surface area contributed by atoms with Crippen LogP contribution in [0.1, 0.15) is 24.1 Å². The third-order valence-electron chi connectivity index (χ3n) is 1.89. The van der Waals surface area contributed by atoms with Crippen molar-refractivity contribution in [3.63, 3.8) is 0 Å². The minimum absolute atomic E-state index is 0.332. The predicted molar refractivity (Wildman–Crippen MR) is 55.9 cm³/mol. The zero-order valence-corrected chi connectivity index (χ0v) is 8.48. The molecule has 0 aliphatic carbocycles. The van der Waals surface area contributed by atoms with Crippen LogP contribution in [-0.4, -0.2) is 12.3 Å². The zero-order valence-electron chi connectivity index (χ0n) is 7.66. The van der Waals surface area contributed by atoms with Gasteiger partial charge in [-0.15, -0.1) is 11.3 Å². The largest absolute Gasteiger partial charge is 0.330 e. The quantitative estimate of drug-likeness (QED) is 0.758. The van der Waals surface area contributed by atoms with Gasteiger partial charge in [-0.1, -0.05) is 6.07 Å². The number of ketones is 1. The first kappa shape index (κ1) is 10.4. The van der Waals surface area contributed by atoms with Gasteiger partial charge in [-0.25, -0.2) is 0 Å². The van der Waals surface area contributed by atoms with E-state index in [1.54, 1.807) is 11.3 Å². The number of thiophene rings is 1. The van der Waals surface area contributed by atoms with E-state index in [2.05, 4.69) is 6.07 Å². The summed E-state index contributed by atoms with van der Waals surface area (Å²) in [5.74, 6) is 0.332. The lowest BCUT2D eigenvalue weighted by Gasteiger charge is -1.97. The summed E-state index contributed by atoms with van der Waals surface area (Å²) in [6.45, 7) is 0.616. The second kappa shape index (κ2) is 5.89. The summed E-state index contributed by atoms with van der Waals surface area (Å²) in [5.41, 5.74) is 5.32. The van der Waals surface area contributed by atoms with E-state index in [0.29, 0.717) is 25.2 Å². The highest BCUT2D eigenvalue weighted by atomic mass is 32.1. The molecule has 0 aliphatic heterocycles. The van der Waals surface area contributed by atoms with E-state index in [9.17, 15) is 4.79 Å². The van der Waals surface area contributed by atoms with Gasteiger partial charge in [0.25, 0.3) is 0 Å². The van der Waals surface area contributed by atoms with Crippen molar-refractivity contribution in [1.29, 1.82) is 0 Å². The Balaban J connectivity index is 2.15. The monoisotopic (exact) mass is 197 g/mol. The van der Waals surface area contributed by atoms with E-state index in [4.69, 9.17) is 5.73 Å². The van der Waals surface area contributed by atoms with Crippen molar-refractivity contribution in [2.45, 2.75) is 25.7 Å². The highest BCUT2D eigenvalue weighted by Crippen LogP contribution is 2.11. The molecule has 2 nitrogen and oxygen atoms in total. The van der Waals surface area contributed by atoms with Crippen LogP contribution in [0.3, 0.4) is 0 Å². The average molecular weight is 197 g/mol. The van der Waals surface area contributed by atoms with Crippen molar-refractivity contribution in [3.05, 3.63) is 22.4 Å². The summed E-state index contributed by atoms with van der Waals surface area (Å²) in [6, 6.07) is 4.09. The van der Waals surface area contributed by atoms with Crippen LogP contribution in [0.25, 0.3) is 0 Å². The molecule has 0 unspecified atom stereocenters. The van der Waals surface area contributed by atoms with E-state index in [1.807, 2.05) is 11.4 Å². The molecule has 3 heteroatoms. The van der Waals surface area contributed by atoms with Crippen LogP contribution in [0.2, 0.25) is 0 Å². The Hall–Kier alpha value is -0.670. The van der Waals surface area contributed by atoms with Crippen molar-refractivity contribution in [2.24, 2.45) is 5.73 Å². The number of hydrogen-bond acceptors (Lipinski definition) is 3. The van der Waals surface area contributed by atoms with Gasteiger partial charge in [0, 0.05) is 17.7 Å². The molecule has 0 aliphatic rings. The van der Waals surface area contributed by atoms with Gasteiger partial charge in [-0.3, -0.25) is 4.79 Å². The molecule has 0 saturated carbocycles. The highest BCUT2D eigenvalue weighted by Gasteiger charge is 2.02. The Labute approximate surface area is 82.8 Å². The van der Waals surface area contributed by atoms with E-state index in [0.717, 1.165) is 12.8 Å². The van der Waals surface area contributed by atoms with Crippen molar-refractivity contribution >= 4 is 17.1 Å². The molecule has 13 heavy (non-hydrogen) atoms. The Morgan fingerprint density at radius 2 is 2.31 bits per heavy atom. The summed E-state index contributed by atoms with van der Waals surface area (Å²) in [5, 5.41) is 2.04. The fourth-order valence-corrected chi connectivity index (χ4v) is 1.85. The number of carbonyl (C=O) groups is 1. The maximum absolute atomic E-state index is 11.2. The Morgan fingerprint density at radius 1 is 1.46 bits per heavy atom. The maximum atomic E-state index is 11.2. The van der Waals surface area contributed by atoms with Gasteiger partial charge in [-0.2, -0.15) is 0 Å². The van der Waals surface area contributed by atoms with Crippen LogP contribution in [0, 0.1) is 0 Å². The van der Waals surface area contributed by atoms with Crippen molar-refractivity contribution in [2.75, 3.05) is 6.54 Å². The molecule has 2 N–H and O–H groups in total. The van der Waals surface area contributed by atoms with Gasteiger partial charge in [0.05, 0.1) is 0 Å². The molecule has 0 amide bonds. The molecule has 72 valence electrons. The van der Waals surface area contributed by atoms with Gasteiger partial charge in [0.15, 0.2) is 0 Å². The molecule has 1 aromatic rings. The molecule has 0 radical (unpaired) electrons. The number of Topliss-reactive ketones (excluding diaryl/α,β-unsaturated/α-hetero) is 1. The van der Waals surface area contributed by atoms with Gasteiger partial charge in [0.1, 0.15) is 5.78 Å². The van der Waals surface area contributed by atoms with Crippen LogP contribution < -0.4 is 5.73 Å². The third-order valence-corrected chi connectivity index (χ3v) is 2.83. The van der Waals surface area contributed by atoms with Crippen LogP contribution >= 0.6 is 11.3 Å². The summed E-state index contributed by atoms with van der Waals surface area (Å²) in [4.78, 5) is 12.5. The number of hydrogen-bond donors (Lipinski definition) is 1. The standard InChI is InChI=1S/C10H15NOS/c11-7-1-3-9(12)5-6-10-4-2-8-13-10/h2,4,8H,1,3,5-7,11H2. The van der Waals surface area contributed by atoms with Crippen LogP contribution in [0.5, 0.6) is 0 Å². The number of nitrogens with two attached hydrogens (primary N) is 1. The van der Waals surface area contributed by atoms with Crippen LogP contribution in [-0.2, 0) is 11.2 Å². The Morgan fingerprint density at radius 3 is 2.92 bits per heavy atom. The lowest BCUT2D eigenvalue weighted by Crippen LogP contribution is -2.04. The molecule has 0 spiro atoms. The molecular weight excluding hydrogens is 182 g/mol. The summed E-state index contributed by atoms with van der Waals surface area (Å²) in [7, 11) is 0.